The Morgan fingerprint density at radius 3 is 2.54 bits per heavy atom. The van der Waals surface area contributed by atoms with Crippen LogP contribution in [0.15, 0.2) is 58.6 Å². The van der Waals surface area contributed by atoms with Gasteiger partial charge < -0.3 is 20.5 Å². The normalized spacial score (nSPS) is 12.8. The van der Waals surface area contributed by atoms with Crippen molar-refractivity contribution in [3.8, 4) is 5.75 Å². The molecule has 0 aliphatic rings. The van der Waals surface area contributed by atoms with Crippen LogP contribution in [0.25, 0.3) is 0 Å². The molecule has 0 saturated carbocycles. The van der Waals surface area contributed by atoms with Crippen molar-refractivity contribution in [2.45, 2.75) is 12.1 Å². The monoisotopic (exact) mass is 416 g/mol. The number of amides is 2. The highest BCUT2D eigenvalue weighted by molar-refractivity contribution is 7.10. The third-order valence-electron chi connectivity index (χ3n) is 4.27. The minimum absolute atomic E-state index is 0.106. The van der Waals surface area contributed by atoms with Gasteiger partial charge in [0.05, 0.1) is 13.7 Å². The van der Waals surface area contributed by atoms with E-state index >= 15 is 0 Å². The number of hydrogen-bond donors (Lipinski definition) is 3. The summed E-state index contributed by atoms with van der Waals surface area (Å²) < 4.78 is 5.23. The van der Waals surface area contributed by atoms with Gasteiger partial charge in [0.1, 0.15) is 11.4 Å². The minimum Gasteiger partial charge on any atom is -0.496 e. The summed E-state index contributed by atoms with van der Waals surface area (Å²) >= 11 is 2.84. The Morgan fingerprint density at radius 1 is 1.07 bits per heavy atom. The summed E-state index contributed by atoms with van der Waals surface area (Å²) in [5.41, 5.74) is 0.0569. The number of para-hydroxylation sites is 1. The summed E-state index contributed by atoms with van der Waals surface area (Å²) in [6.45, 7) is 0.0567. The highest BCUT2D eigenvalue weighted by Crippen LogP contribution is 2.33. The minimum atomic E-state index is -1.38. The van der Waals surface area contributed by atoms with Gasteiger partial charge in [0.25, 0.3) is 0 Å². The lowest BCUT2D eigenvalue weighted by molar-refractivity contribution is -0.139. The van der Waals surface area contributed by atoms with E-state index in [-0.39, 0.29) is 13.1 Å². The Bertz CT molecular complexity index is 889. The zero-order valence-corrected chi connectivity index (χ0v) is 16.8. The van der Waals surface area contributed by atoms with Gasteiger partial charge in [-0.1, -0.05) is 24.3 Å². The van der Waals surface area contributed by atoms with Crippen molar-refractivity contribution in [1.29, 1.82) is 0 Å². The largest absolute Gasteiger partial charge is 0.496 e. The van der Waals surface area contributed by atoms with Crippen molar-refractivity contribution < 1.29 is 19.4 Å². The van der Waals surface area contributed by atoms with Crippen LogP contribution < -0.4 is 15.4 Å². The van der Waals surface area contributed by atoms with Crippen LogP contribution >= 0.6 is 22.7 Å². The van der Waals surface area contributed by atoms with Gasteiger partial charge in [-0.25, -0.2) is 0 Å². The Labute approximate surface area is 170 Å². The molecule has 28 heavy (non-hydrogen) atoms. The molecule has 0 saturated heterocycles. The molecule has 6 nitrogen and oxygen atoms in total. The van der Waals surface area contributed by atoms with E-state index in [2.05, 4.69) is 10.6 Å². The van der Waals surface area contributed by atoms with E-state index in [1.807, 2.05) is 40.4 Å². The number of benzene rings is 1. The van der Waals surface area contributed by atoms with E-state index in [1.165, 1.54) is 22.7 Å². The molecule has 2 heterocycles. The number of hydrogen-bond acceptors (Lipinski definition) is 6. The summed E-state index contributed by atoms with van der Waals surface area (Å²) in [5.74, 6) is -0.947. The molecule has 146 valence electrons. The Morgan fingerprint density at radius 2 is 1.86 bits per heavy atom. The molecule has 2 aromatic heterocycles. The topological polar surface area (TPSA) is 87.7 Å². The maximum Gasteiger partial charge on any atom is 0.309 e. The first-order chi connectivity index (χ1) is 13.5. The van der Waals surface area contributed by atoms with Gasteiger partial charge in [-0.15, -0.1) is 11.3 Å². The molecule has 3 rings (SSSR count). The zero-order chi connectivity index (χ0) is 20.0. The van der Waals surface area contributed by atoms with Gasteiger partial charge in [0, 0.05) is 22.5 Å². The van der Waals surface area contributed by atoms with Crippen molar-refractivity contribution in [1.82, 2.24) is 10.6 Å². The summed E-state index contributed by atoms with van der Waals surface area (Å²) in [6, 6.07) is 12.7. The average Bonchev–Trinajstić information content (AvgIpc) is 3.44. The highest BCUT2D eigenvalue weighted by atomic mass is 32.1. The van der Waals surface area contributed by atoms with Crippen molar-refractivity contribution in [2.75, 3.05) is 13.7 Å². The number of carbonyl (C=O) groups excluding carboxylic acids is 2. The van der Waals surface area contributed by atoms with E-state index in [0.717, 1.165) is 5.56 Å². The molecule has 3 aromatic rings. The lowest BCUT2D eigenvalue weighted by Crippen LogP contribution is -2.46. The predicted octanol–water partition coefficient (Wildman–Crippen LogP) is 2.49. The van der Waals surface area contributed by atoms with E-state index in [1.54, 1.807) is 25.3 Å². The summed E-state index contributed by atoms with van der Waals surface area (Å²) in [6.07, 6.45) is 0. The molecule has 0 aliphatic heterocycles. The average molecular weight is 417 g/mol. The van der Waals surface area contributed by atoms with Crippen LogP contribution in [0.1, 0.15) is 16.0 Å². The third kappa shape index (κ3) is 4.41. The lowest BCUT2D eigenvalue weighted by Gasteiger charge is -2.26. The fourth-order valence-electron chi connectivity index (χ4n) is 2.74. The second kappa shape index (κ2) is 9.01. The van der Waals surface area contributed by atoms with E-state index in [0.29, 0.717) is 16.2 Å². The number of thiophene rings is 2. The summed E-state index contributed by atoms with van der Waals surface area (Å²) in [5, 5.41) is 21.8. The number of carbonyl (C=O) groups is 2. The van der Waals surface area contributed by atoms with Crippen LogP contribution in [-0.4, -0.2) is 30.6 Å². The van der Waals surface area contributed by atoms with Crippen LogP contribution in [0.5, 0.6) is 5.75 Å². The molecular weight excluding hydrogens is 396 g/mol. The number of methoxy groups -OCH3 is 1. The van der Waals surface area contributed by atoms with Crippen molar-refractivity contribution in [3.63, 3.8) is 0 Å². The first kappa shape index (κ1) is 20.1. The fraction of sp³-hybridized carbons (Fsp3) is 0.200. The molecule has 1 atom stereocenters. The Hall–Kier alpha value is -2.68. The molecule has 0 radical (unpaired) electrons. The van der Waals surface area contributed by atoms with Gasteiger partial charge >= 0.3 is 11.8 Å². The number of aliphatic hydroxyl groups is 1. The van der Waals surface area contributed by atoms with Crippen LogP contribution in [0, 0.1) is 0 Å². The fourth-order valence-corrected chi connectivity index (χ4v) is 4.31. The lowest BCUT2D eigenvalue weighted by atomic mass is 9.94. The molecule has 0 fully saturated rings. The zero-order valence-electron chi connectivity index (χ0n) is 15.2. The molecule has 1 unspecified atom stereocenters. The first-order valence-electron chi connectivity index (χ1n) is 8.51. The highest BCUT2D eigenvalue weighted by Gasteiger charge is 2.34. The van der Waals surface area contributed by atoms with Crippen LogP contribution in [0.4, 0.5) is 0 Å². The standard InChI is InChI=1S/C20H20N2O4S2/c1-26-16-6-3-2-5-14(16)11-21-18(23)19(24)22-13-20(25,15-8-10-27-12-15)17-7-4-9-28-17/h2-10,12,25H,11,13H2,1H3,(H,21,23)(H,22,24). The number of ether oxygens (including phenoxy) is 1. The Balaban J connectivity index is 1.62. The molecular formula is C20H20N2O4S2. The van der Waals surface area contributed by atoms with Crippen molar-refractivity contribution >= 4 is 34.5 Å². The van der Waals surface area contributed by atoms with Gasteiger partial charge in [-0.05, 0) is 34.3 Å². The third-order valence-corrected chi connectivity index (χ3v) is 5.97. The predicted molar refractivity (Wildman–Crippen MR) is 109 cm³/mol. The maximum absolute atomic E-state index is 12.2. The second-order valence-electron chi connectivity index (χ2n) is 6.03. The summed E-state index contributed by atoms with van der Waals surface area (Å²) in [4.78, 5) is 25.1. The van der Waals surface area contributed by atoms with Gasteiger partial charge in [0.15, 0.2) is 0 Å². The smallest absolute Gasteiger partial charge is 0.309 e. The van der Waals surface area contributed by atoms with Gasteiger partial charge in [0.2, 0.25) is 0 Å². The molecule has 1 aromatic carbocycles. The second-order valence-corrected chi connectivity index (χ2v) is 7.75. The van der Waals surface area contributed by atoms with Gasteiger partial charge in [-0.3, -0.25) is 9.59 Å². The van der Waals surface area contributed by atoms with E-state index in [4.69, 9.17) is 4.74 Å². The quantitative estimate of drug-likeness (QED) is 0.517. The molecule has 2 amide bonds. The van der Waals surface area contributed by atoms with Crippen molar-refractivity contribution in [2.24, 2.45) is 0 Å². The molecule has 3 N–H and O–H groups in total. The van der Waals surface area contributed by atoms with Crippen LogP contribution in [0.2, 0.25) is 0 Å². The van der Waals surface area contributed by atoms with E-state index < -0.39 is 17.4 Å². The van der Waals surface area contributed by atoms with Crippen LogP contribution in [0.3, 0.4) is 0 Å². The number of nitrogens with one attached hydrogen (secondary N) is 2. The molecule has 0 spiro atoms. The maximum atomic E-state index is 12.2. The summed E-state index contributed by atoms with van der Waals surface area (Å²) in [7, 11) is 1.54. The van der Waals surface area contributed by atoms with Crippen molar-refractivity contribution in [3.05, 3.63) is 74.6 Å². The Kier molecular flexibility index (Phi) is 6.45. The SMILES string of the molecule is COc1ccccc1CNC(=O)C(=O)NCC(O)(c1ccsc1)c1cccs1. The molecule has 0 bridgehead atoms. The molecule has 0 aliphatic carbocycles. The van der Waals surface area contributed by atoms with E-state index in [9.17, 15) is 14.7 Å². The first-order valence-corrected chi connectivity index (χ1v) is 10.3. The van der Waals surface area contributed by atoms with Gasteiger partial charge in [-0.2, -0.15) is 11.3 Å². The number of rotatable bonds is 7. The van der Waals surface area contributed by atoms with Crippen LogP contribution in [-0.2, 0) is 21.7 Å². The molecule has 8 heteroatoms.